The maximum Gasteiger partial charge on any atom is 0.0703 e. The lowest BCUT2D eigenvalue weighted by molar-refractivity contribution is 1.18. The molecule has 0 aliphatic carbocycles. The largest absolute Gasteiger partial charge is 0.309 e. The Hall–Kier alpha value is -6.77. The highest BCUT2D eigenvalue weighted by molar-refractivity contribution is 6.21. The van der Waals surface area contributed by atoms with Gasteiger partial charge in [0.1, 0.15) is 0 Å². The van der Waals surface area contributed by atoms with Gasteiger partial charge in [-0.3, -0.25) is 4.98 Å². The van der Waals surface area contributed by atoms with Crippen molar-refractivity contribution >= 4 is 43.4 Å². The Balaban J connectivity index is 1.10. The van der Waals surface area contributed by atoms with Crippen molar-refractivity contribution in [1.29, 1.82) is 0 Å². The highest BCUT2D eigenvalue weighted by Gasteiger charge is 2.18. The molecule has 0 aliphatic rings. The Morgan fingerprint density at radius 3 is 1.41 bits per heavy atom. The number of fused-ring (bicyclic) bond motifs is 5. The Kier molecular flexibility index (Phi) is 6.85. The van der Waals surface area contributed by atoms with E-state index in [2.05, 4.69) is 199 Å². The van der Waals surface area contributed by atoms with Crippen LogP contribution in [0.1, 0.15) is 0 Å². The smallest absolute Gasteiger partial charge is 0.0703 e. The fraction of sp³-hybridized carbons (Fsp3) is 0. The number of para-hydroxylation sites is 2. The third-order valence-electron chi connectivity index (χ3n) is 10.2. The third kappa shape index (κ3) is 4.84. The monoisotopic (exact) mass is 648 g/mol. The molecule has 10 rings (SSSR count). The van der Waals surface area contributed by atoms with Crippen molar-refractivity contribution in [2.24, 2.45) is 0 Å². The van der Waals surface area contributed by atoms with E-state index in [4.69, 9.17) is 4.98 Å². The van der Waals surface area contributed by atoms with E-state index in [1.54, 1.807) is 0 Å². The van der Waals surface area contributed by atoms with Crippen LogP contribution >= 0.6 is 0 Å². The van der Waals surface area contributed by atoms with E-state index in [0.29, 0.717) is 0 Å². The van der Waals surface area contributed by atoms with Crippen LogP contribution in [0, 0.1) is 0 Å². The summed E-state index contributed by atoms with van der Waals surface area (Å²) < 4.78 is 2.36. The van der Waals surface area contributed by atoms with Gasteiger partial charge in [-0.15, -0.1) is 0 Å². The van der Waals surface area contributed by atoms with Gasteiger partial charge in [0, 0.05) is 33.8 Å². The van der Waals surface area contributed by atoms with Crippen molar-refractivity contribution in [2.75, 3.05) is 0 Å². The molecule has 0 atom stereocenters. The number of aromatic nitrogens is 2. The quantitative estimate of drug-likeness (QED) is 0.170. The predicted molar refractivity (Wildman–Crippen MR) is 215 cm³/mol. The average Bonchev–Trinajstić information content (AvgIpc) is 3.54. The van der Waals surface area contributed by atoms with Gasteiger partial charge in [0.2, 0.25) is 0 Å². The number of rotatable bonds is 5. The van der Waals surface area contributed by atoms with Crippen LogP contribution < -0.4 is 0 Å². The van der Waals surface area contributed by atoms with Crippen molar-refractivity contribution in [1.82, 2.24) is 9.55 Å². The van der Waals surface area contributed by atoms with E-state index in [0.717, 1.165) is 22.5 Å². The summed E-state index contributed by atoms with van der Waals surface area (Å²) in [4.78, 5) is 5.11. The zero-order chi connectivity index (χ0) is 33.7. The predicted octanol–water partition coefficient (Wildman–Crippen LogP) is 13.2. The maximum atomic E-state index is 5.11. The molecule has 0 unspecified atom stereocenters. The van der Waals surface area contributed by atoms with Gasteiger partial charge < -0.3 is 4.57 Å². The van der Waals surface area contributed by atoms with Gasteiger partial charge in [-0.1, -0.05) is 158 Å². The van der Waals surface area contributed by atoms with Crippen LogP contribution in [0.2, 0.25) is 0 Å². The van der Waals surface area contributed by atoms with E-state index in [9.17, 15) is 0 Å². The molecule has 238 valence electrons. The number of hydrogen-bond acceptors (Lipinski definition) is 1. The summed E-state index contributed by atoms with van der Waals surface area (Å²) in [6.45, 7) is 0. The number of pyridine rings is 1. The van der Waals surface area contributed by atoms with E-state index >= 15 is 0 Å². The SMILES string of the molecule is c1ccc(-c2ccc(-c3c4ccccc4c(-c4ccc(-c5ccc6c7ccccc7n(-c7ccccc7)c6c5)nc4)c4ccccc34)cc2)cc1. The molecule has 0 saturated carbocycles. The van der Waals surface area contributed by atoms with Gasteiger partial charge in [-0.25, -0.2) is 0 Å². The highest BCUT2D eigenvalue weighted by Crippen LogP contribution is 2.44. The van der Waals surface area contributed by atoms with E-state index in [-0.39, 0.29) is 0 Å². The molecular formula is C49H32N2. The molecule has 0 aliphatic heterocycles. The standard InChI is InChI=1S/C49H32N2/c1-3-13-33(14-4-1)34-23-25-35(26-24-34)48-41-18-7-9-20-43(41)49(44-21-10-8-19-42(44)48)37-28-30-45(50-32-37)36-27-29-40-39-17-11-12-22-46(39)51(47(40)31-36)38-15-5-2-6-16-38/h1-32H. The minimum atomic E-state index is 0.953. The van der Waals surface area contributed by atoms with Crippen molar-refractivity contribution in [3.63, 3.8) is 0 Å². The lowest BCUT2D eigenvalue weighted by atomic mass is 9.86. The van der Waals surface area contributed by atoms with Crippen LogP contribution in [0.15, 0.2) is 194 Å². The summed E-state index contributed by atoms with van der Waals surface area (Å²) in [5, 5.41) is 7.41. The molecule has 2 heterocycles. The highest BCUT2D eigenvalue weighted by atomic mass is 15.0. The molecule has 0 fully saturated rings. The average molecular weight is 649 g/mol. The Morgan fingerprint density at radius 1 is 0.314 bits per heavy atom. The second-order valence-corrected chi connectivity index (χ2v) is 13.1. The first-order valence-electron chi connectivity index (χ1n) is 17.5. The van der Waals surface area contributed by atoms with Gasteiger partial charge in [0.25, 0.3) is 0 Å². The molecule has 2 nitrogen and oxygen atoms in total. The van der Waals surface area contributed by atoms with Gasteiger partial charge in [0.15, 0.2) is 0 Å². The minimum Gasteiger partial charge on any atom is -0.309 e. The molecule has 2 aromatic heterocycles. The molecule has 0 radical (unpaired) electrons. The van der Waals surface area contributed by atoms with Crippen molar-refractivity contribution in [2.45, 2.75) is 0 Å². The lowest BCUT2D eigenvalue weighted by Crippen LogP contribution is -1.94. The summed E-state index contributed by atoms with van der Waals surface area (Å²) in [7, 11) is 0. The molecule has 8 aromatic carbocycles. The van der Waals surface area contributed by atoms with Crippen LogP contribution in [-0.2, 0) is 0 Å². The molecule has 0 saturated heterocycles. The lowest BCUT2D eigenvalue weighted by Gasteiger charge is -2.18. The molecular weight excluding hydrogens is 617 g/mol. The molecule has 0 spiro atoms. The fourth-order valence-corrected chi connectivity index (χ4v) is 7.91. The van der Waals surface area contributed by atoms with Crippen molar-refractivity contribution in [3.8, 4) is 50.3 Å². The second-order valence-electron chi connectivity index (χ2n) is 13.1. The first-order chi connectivity index (χ1) is 25.3. The summed E-state index contributed by atoms with van der Waals surface area (Å²) in [6.07, 6.45) is 2.05. The molecule has 51 heavy (non-hydrogen) atoms. The molecule has 10 aromatic rings. The Labute approximate surface area is 296 Å². The fourth-order valence-electron chi connectivity index (χ4n) is 7.91. The van der Waals surface area contributed by atoms with Gasteiger partial charge in [-0.05, 0) is 79.7 Å². The van der Waals surface area contributed by atoms with E-state index < -0.39 is 0 Å². The summed E-state index contributed by atoms with van der Waals surface area (Å²) in [5.41, 5.74) is 12.8. The second kappa shape index (κ2) is 12.0. The van der Waals surface area contributed by atoms with Crippen LogP contribution in [0.3, 0.4) is 0 Å². The number of nitrogens with zero attached hydrogens (tertiary/aromatic N) is 2. The zero-order valence-corrected chi connectivity index (χ0v) is 27.9. The zero-order valence-electron chi connectivity index (χ0n) is 27.9. The van der Waals surface area contributed by atoms with Crippen LogP contribution in [-0.4, -0.2) is 9.55 Å². The number of hydrogen-bond donors (Lipinski definition) is 0. The topological polar surface area (TPSA) is 17.8 Å². The molecule has 0 bridgehead atoms. The van der Waals surface area contributed by atoms with E-state index in [1.165, 1.54) is 71.2 Å². The van der Waals surface area contributed by atoms with E-state index in [1.807, 2.05) is 0 Å². The first-order valence-corrected chi connectivity index (χ1v) is 17.5. The minimum absolute atomic E-state index is 0.953. The van der Waals surface area contributed by atoms with Crippen LogP contribution in [0.25, 0.3) is 93.7 Å². The number of benzene rings is 8. The summed E-state index contributed by atoms with van der Waals surface area (Å²) in [6, 6.07) is 67.6. The Bertz CT molecular complexity index is 2810. The summed E-state index contributed by atoms with van der Waals surface area (Å²) >= 11 is 0. The third-order valence-corrected chi connectivity index (χ3v) is 10.2. The van der Waals surface area contributed by atoms with Crippen molar-refractivity contribution < 1.29 is 0 Å². The van der Waals surface area contributed by atoms with Crippen molar-refractivity contribution in [3.05, 3.63) is 194 Å². The van der Waals surface area contributed by atoms with Crippen LogP contribution in [0.5, 0.6) is 0 Å². The van der Waals surface area contributed by atoms with Gasteiger partial charge in [0.05, 0.1) is 16.7 Å². The van der Waals surface area contributed by atoms with Gasteiger partial charge >= 0.3 is 0 Å². The molecule has 0 N–H and O–H groups in total. The first kappa shape index (κ1) is 29.2. The Morgan fingerprint density at radius 2 is 0.784 bits per heavy atom. The molecule has 0 amide bonds. The van der Waals surface area contributed by atoms with Crippen LogP contribution in [0.4, 0.5) is 0 Å². The summed E-state index contributed by atoms with van der Waals surface area (Å²) in [5.74, 6) is 0. The van der Waals surface area contributed by atoms with Gasteiger partial charge in [-0.2, -0.15) is 0 Å². The molecule has 2 heteroatoms. The maximum absolute atomic E-state index is 5.11. The normalized spacial score (nSPS) is 11.5.